The van der Waals surface area contributed by atoms with Crippen molar-refractivity contribution in [3.63, 3.8) is 0 Å². The van der Waals surface area contributed by atoms with Crippen LogP contribution in [0.4, 0.5) is 0 Å². The van der Waals surface area contributed by atoms with Crippen molar-refractivity contribution < 1.29 is 9.53 Å². The van der Waals surface area contributed by atoms with E-state index in [1.165, 1.54) is 11.1 Å². The molecule has 1 amide bonds. The fourth-order valence-corrected chi connectivity index (χ4v) is 4.51. The summed E-state index contributed by atoms with van der Waals surface area (Å²) in [7, 11) is 1.80. The van der Waals surface area contributed by atoms with E-state index in [0.717, 1.165) is 71.3 Å². The first-order valence-corrected chi connectivity index (χ1v) is 11.7. The average molecular weight is 573 g/mol. The summed E-state index contributed by atoms with van der Waals surface area (Å²) in [4.78, 5) is 20.7. The molecule has 2 aliphatic heterocycles. The van der Waals surface area contributed by atoms with Gasteiger partial charge in [0.25, 0.3) is 0 Å². The fraction of sp³-hybridized carbons (Fsp3) is 0.667. The molecule has 8 nitrogen and oxygen atoms in total. The number of guanidine groups is 1. The van der Waals surface area contributed by atoms with Crippen molar-refractivity contribution in [3.05, 3.63) is 35.4 Å². The van der Waals surface area contributed by atoms with Gasteiger partial charge in [0.1, 0.15) is 0 Å². The molecule has 1 aromatic carbocycles. The first kappa shape index (κ1) is 27.8. The first-order valence-electron chi connectivity index (χ1n) is 11.7. The third-order valence-electron chi connectivity index (χ3n) is 6.54. The van der Waals surface area contributed by atoms with Crippen molar-refractivity contribution >= 4 is 35.8 Å². The monoisotopic (exact) mass is 572 g/mol. The predicted octanol–water partition coefficient (Wildman–Crippen LogP) is 1.78. The summed E-state index contributed by atoms with van der Waals surface area (Å²) < 4.78 is 5.48. The van der Waals surface area contributed by atoms with Gasteiger partial charge >= 0.3 is 0 Å². The predicted molar refractivity (Wildman–Crippen MR) is 144 cm³/mol. The van der Waals surface area contributed by atoms with Crippen molar-refractivity contribution in [3.8, 4) is 0 Å². The average Bonchev–Trinajstić information content (AvgIpc) is 2.80. The normalized spacial score (nSPS) is 20.7. The van der Waals surface area contributed by atoms with Crippen LogP contribution in [0.5, 0.6) is 0 Å². The Labute approximate surface area is 215 Å². The van der Waals surface area contributed by atoms with Gasteiger partial charge in [-0.15, -0.1) is 24.0 Å². The molecule has 3 rings (SSSR count). The van der Waals surface area contributed by atoms with Gasteiger partial charge in [0, 0.05) is 51.9 Å². The van der Waals surface area contributed by atoms with Crippen molar-refractivity contribution in [2.45, 2.75) is 45.3 Å². The molecule has 2 saturated heterocycles. The number of benzene rings is 1. The van der Waals surface area contributed by atoms with Gasteiger partial charge in [0.15, 0.2) is 5.96 Å². The summed E-state index contributed by atoms with van der Waals surface area (Å²) in [6, 6.07) is 8.60. The van der Waals surface area contributed by atoms with Crippen LogP contribution in [0.25, 0.3) is 0 Å². The Bertz CT molecular complexity index is 782. The highest BCUT2D eigenvalue weighted by molar-refractivity contribution is 14.0. The molecule has 33 heavy (non-hydrogen) atoms. The molecule has 0 radical (unpaired) electrons. The van der Waals surface area contributed by atoms with E-state index in [9.17, 15) is 4.79 Å². The number of hydrogen-bond acceptors (Lipinski definition) is 5. The molecule has 0 aliphatic carbocycles. The number of nitrogens with zero attached hydrogens (tertiary/aromatic N) is 3. The second-order valence-electron chi connectivity index (χ2n) is 9.49. The topological polar surface area (TPSA) is 95.2 Å². The summed E-state index contributed by atoms with van der Waals surface area (Å²) in [5, 5.41) is 6.91. The summed E-state index contributed by atoms with van der Waals surface area (Å²) in [5.41, 5.74) is 8.01. The zero-order chi connectivity index (χ0) is 23.0. The number of carbonyl (C=O) groups is 1. The van der Waals surface area contributed by atoms with Crippen LogP contribution in [0.1, 0.15) is 37.8 Å². The van der Waals surface area contributed by atoms with Crippen molar-refractivity contribution in [1.29, 1.82) is 0 Å². The summed E-state index contributed by atoms with van der Waals surface area (Å²) in [6.45, 7) is 12.2. The largest absolute Gasteiger partial charge is 0.379 e. The van der Waals surface area contributed by atoms with Crippen LogP contribution in [0.15, 0.2) is 29.3 Å². The maximum absolute atomic E-state index is 11.6. The lowest BCUT2D eigenvalue weighted by molar-refractivity contribution is -0.123. The molecule has 0 spiro atoms. The quantitative estimate of drug-likeness (QED) is 0.250. The molecule has 9 heteroatoms. The number of carbonyl (C=O) groups excluding carboxylic acids is 1. The van der Waals surface area contributed by atoms with Gasteiger partial charge in [-0.05, 0) is 44.4 Å². The lowest BCUT2D eigenvalue weighted by atomic mass is 9.97. The number of likely N-dealkylation sites (tertiary alicyclic amines) is 1. The van der Waals surface area contributed by atoms with Crippen LogP contribution in [0.3, 0.4) is 0 Å². The number of halogens is 1. The van der Waals surface area contributed by atoms with E-state index in [2.05, 4.69) is 63.5 Å². The van der Waals surface area contributed by atoms with Crippen molar-refractivity contribution in [1.82, 2.24) is 20.4 Å². The molecule has 1 unspecified atom stereocenters. The van der Waals surface area contributed by atoms with E-state index in [4.69, 9.17) is 10.5 Å². The summed E-state index contributed by atoms with van der Waals surface area (Å²) >= 11 is 0. The van der Waals surface area contributed by atoms with Crippen molar-refractivity contribution in [2.75, 3.05) is 53.0 Å². The minimum Gasteiger partial charge on any atom is -0.379 e. The number of aliphatic imine (C=N–C) groups is 1. The molecular weight excluding hydrogens is 531 g/mol. The number of nitrogens with one attached hydrogen (secondary N) is 2. The molecule has 1 atom stereocenters. The molecular formula is C24H41IN6O2. The molecule has 2 aliphatic rings. The molecule has 2 heterocycles. The minimum absolute atomic E-state index is 0. The Morgan fingerprint density at radius 2 is 1.94 bits per heavy atom. The smallest absolute Gasteiger partial charge is 0.221 e. The molecule has 4 N–H and O–H groups in total. The molecule has 0 aromatic heterocycles. The number of amides is 1. The van der Waals surface area contributed by atoms with Gasteiger partial charge < -0.3 is 21.1 Å². The van der Waals surface area contributed by atoms with Crippen LogP contribution < -0.4 is 16.4 Å². The number of primary amides is 1. The van der Waals surface area contributed by atoms with Gasteiger partial charge in [-0.1, -0.05) is 24.3 Å². The molecule has 0 bridgehead atoms. The standard InChI is InChI=1S/C24H40N6O2.HI/c1-24(2,30-10-12-32-13-11-30)18-28-23(26-3)27-15-19-6-4-7-20(14-19)16-29-9-5-8-21(17-29)22(25)31;/h4,6-7,14,21H,5,8-13,15-18H2,1-3H3,(H2,25,31)(H2,26,27,28);1H. The number of ether oxygens (including phenoxy) is 1. The van der Waals surface area contributed by atoms with Crippen molar-refractivity contribution in [2.24, 2.45) is 16.6 Å². The van der Waals surface area contributed by atoms with E-state index < -0.39 is 0 Å². The van der Waals surface area contributed by atoms with E-state index >= 15 is 0 Å². The van der Waals surface area contributed by atoms with Gasteiger partial charge in [-0.3, -0.25) is 19.6 Å². The van der Waals surface area contributed by atoms with E-state index in [1.807, 2.05) is 0 Å². The second-order valence-corrected chi connectivity index (χ2v) is 9.49. The summed E-state index contributed by atoms with van der Waals surface area (Å²) in [6.07, 6.45) is 1.93. The highest BCUT2D eigenvalue weighted by Crippen LogP contribution is 2.19. The maximum Gasteiger partial charge on any atom is 0.221 e. The zero-order valence-electron chi connectivity index (χ0n) is 20.3. The maximum atomic E-state index is 11.6. The Kier molecular flexibility index (Phi) is 11.3. The third-order valence-corrected chi connectivity index (χ3v) is 6.54. The van der Waals surface area contributed by atoms with Gasteiger partial charge in [-0.25, -0.2) is 0 Å². The lowest BCUT2D eigenvalue weighted by Gasteiger charge is -2.41. The lowest BCUT2D eigenvalue weighted by Crippen LogP contribution is -2.56. The Balaban J connectivity index is 0.00000385. The second kappa shape index (κ2) is 13.5. The van der Waals surface area contributed by atoms with Crippen LogP contribution in [-0.4, -0.2) is 80.2 Å². The Morgan fingerprint density at radius 1 is 1.21 bits per heavy atom. The molecule has 2 fully saturated rings. The third kappa shape index (κ3) is 8.70. The number of rotatable bonds is 8. The number of morpholine rings is 1. The molecule has 0 saturated carbocycles. The number of hydrogen-bond donors (Lipinski definition) is 3. The van der Waals surface area contributed by atoms with E-state index in [0.29, 0.717) is 6.54 Å². The Morgan fingerprint density at radius 3 is 2.64 bits per heavy atom. The van der Waals surface area contributed by atoms with Gasteiger partial charge in [0.05, 0.1) is 19.1 Å². The van der Waals surface area contributed by atoms with Crippen LogP contribution >= 0.6 is 24.0 Å². The fourth-order valence-electron chi connectivity index (χ4n) is 4.51. The van der Waals surface area contributed by atoms with Gasteiger partial charge in [0.2, 0.25) is 5.91 Å². The Hall–Kier alpha value is -1.43. The number of piperidine rings is 1. The highest BCUT2D eigenvalue weighted by atomic mass is 127. The molecule has 186 valence electrons. The van der Waals surface area contributed by atoms with Crippen LogP contribution in [-0.2, 0) is 22.6 Å². The molecule has 1 aromatic rings. The first-order chi connectivity index (χ1) is 15.4. The SMILES string of the molecule is CN=C(NCc1cccc(CN2CCCC(C(N)=O)C2)c1)NCC(C)(C)N1CCOCC1.I. The summed E-state index contributed by atoms with van der Waals surface area (Å²) in [5.74, 6) is 0.602. The number of nitrogens with two attached hydrogens (primary N) is 1. The van der Waals surface area contributed by atoms with Crippen LogP contribution in [0, 0.1) is 5.92 Å². The zero-order valence-corrected chi connectivity index (χ0v) is 22.6. The van der Waals surface area contributed by atoms with E-state index in [-0.39, 0.29) is 41.3 Å². The van der Waals surface area contributed by atoms with E-state index in [1.54, 1.807) is 7.05 Å². The minimum atomic E-state index is -0.177. The van der Waals surface area contributed by atoms with Gasteiger partial charge in [-0.2, -0.15) is 0 Å². The highest BCUT2D eigenvalue weighted by Gasteiger charge is 2.28. The van der Waals surface area contributed by atoms with Crippen LogP contribution in [0.2, 0.25) is 0 Å².